The number of nitrogens with one attached hydrogen (secondary N) is 1. The molecule has 92 valence electrons. The van der Waals surface area contributed by atoms with Crippen molar-refractivity contribution in [2.75, 3.05) is 13.1 Å². The highest BCUT2D eigenvalue weighted by molar-refractivity contribution is 6.32. The van der Waals surface area contributed by atoms with E-state index in [1.165, 1.54) is 0 Å². The van der Waals surface area contributed by atoms with Crippen molar-refractivity contribution in [3.63, 3.8) is 0 Å². The molecular weight excluding hydrogens is 236 g/mol. The summed E-state index contributed by atoms with van der Waals surface area (Å²) in [7, 11) is 0. The van der Waals surface area contributed by atoms with Gasteiger partial charge in [0.15, 0.2) is 0 Å². The molecule has 0 radical (unpaired) electrons. The molecule has 0 fully saturated rings. The number of hydrogen-bond donors (Lipinski definition) is 2. The molecule has 0 spiro atoms. The molecule has 2 rings (SSSR count). The van der Waals surface area contributed by atoms with Gasteiger partial charge in [0.1, 0.15) is 11.6 Å². The van der Waals surface area contributed by atoms with Crippen LogP contribution in [0.4, 0.5) is 0 Å². The van der Waals surface area contributed by atoms with Gasteiger partial charge in [-0.1, -0.05) is 25.4 Å². The Morgan fingerprint density at radius 2 is 2.24 bits per heavy atom. The van der Waals surface area contributed by atoms with Crippen LogP contribution in [0.25, 0.3) is 0 Å². The van der Waals surface area contributed by atoms with Crippen LogP contribution in [-0.4, -0.2) is 24.0 Å². The molecule has 0 aromatic heterocycles. The van der Waals surface area contributed by atoms with E-state index in [9.17, 15) is 5.11 Å². The van der Waals surface area contributed by atoms with Crippen molar-refractivity contribution in [2.45, 2.75) is 20.3 Å². The Labute approximate surface area is 107 Å². The smallest absolute Gasteiger partial charge is 0.145 e. The molecule has 0 atom stereocenters. The normalized spacial score (nSPS) is 14.9. The fraction of sp³-hybridized carbons (Fsp3) is 0.462. The molecule has 1 heterocycles. The van der Waals surface area contributed by atoms with Crippen LogP contribution in [0.2, 0.25) is 5.02 Å². The molecule has 0 aliphatic carbocycles. The average molecular weight is 253 g/mol. The SMILES string of the molecule is CC(C)Cc1cc(Cl)c(O)c(C2=NCCN2)c1. The van der Waals surface area contributed by atoms with Crippen molar-refractivity contribution in [2.24, 2.45) is 10.9 Å². The van der Waals surface area contributed by atoms with Crippen LogP contribution >= 0.6 is 11.6 Å². The Kier molecular flexibility index (Phi) is 3.57. The van der Waals surface area contributed by atoms with E-state index in [1.807, 2.05) is 12.1 Å². The molecular formula is C13H17ClN2O. The molecule has 0 bridgehead atoms. The molecule has 1 aromatic rings. The molecule has 4 heteroatoms. The zero-order chi connectivity index (χ0) is 12.4. The van der Waals surface area contributed by atoms with E-state index in [2.05, 4.69) is 24.2 Å². The third kappa shape index (κ3) is 2.72. The number of benzene rings is 1. The van der Waals surface area contributed by atoms with Gasteiger partial charge in [-0.25, -0.2) is 0 Å². The minimum Gasteiger partial charge on any atom is -0.506 e. The first-order valence-corrected chi connectivity index (χ1v) is 6.26. The van der Waals surface area contributed by atoms with Crippen LogP contribution in [0.5, 0.6) is 5.75 Å². The molecule has 1 aromatic carbocycles. The van der Waals surface area contributed by atoms with Gasteiger partial charge in [-0.2, -0.15) is 0 Å². The predicted molar refractivity (Wildman–Crippen MR) is 71.1 cm³/mol. The number of phenolic OH excluding ortho intramolecular Hbond substituents is 1. The summed E-state index contributed by atoms with van der Waals surface area (Å²) in [5, 5.41) is 13.5. The fourth-order valence-electron chi connectivity index (χ4n) is 2.00. The molecule has 1 aliphatic rings. The Morgan fingerprint density at radius 1 is 1.47 bits per heavy atom. The minimum absolute atomic E-state index is 0.118. The highest BCUT2D eigenvalue weighted by Crippen LogP contribution is 2.30. The van der Waals surface area contributed by atoms with E-state index in [-0.39, 0.29) is 5.75 Å². The van der Waals surface area contributed by atoms with Crippen molar-refractivity contribution in [1.29, 1.82) is 0 Å². The number of halogens is 1. The molecule has 0 unspecified atom stereocenters. The number of aromatic hydroxyl groups is 1. The second kappa shape index (κ2) is 4.96. The second-order valence-corrected chi connectivity index (χ2v) is 5.14. The van der Waals surface area contributed by atoms with Gasteiger partial charge in [-0.05, 0) is 30.0 Å². The lowest BCUT2D eigenvalue weighted by Crippen LogP contribution is -2.19. The van der Waals surface area contributed by atoms with E-state index < -0.39 is 0 Å². The van der Waals surface area contributed by atoms with Crippen molar-refractivity contribution < 1.29 is 5.11 Å². The van der Waals surface area contributed by atoms with Crippen LogP contribution in [0.15, 0.2) is 17.1 Å². The van der Waals surface area contributed by atoms with Gasteiger partial charge in [-0.3, -0.25) is 4.99 Å². The maximum absolute atomic E-state index is 9.96. The largest absolute Gasteiger partial charge is 0.506 e. The lowest BCUT2D eigenvalue weighted by Gasteiger charge is -2.11. The van der Waals surface area contributed by atoms with E-state index >= 15 is 0 Å². The van der Waals surface area contributed by atoms with Crippen molar-refractivity contribution in [3.05, 3.63) is 28.3 Å². The Morgan fingerprint density at radius 3 is 2.82 bits per heavy atom. The monoisotopic (exact) mass is 252 g/mol. The quantitative estimate of drug-likeness (QED) is 0.869. The summed E-state index contributed by atoms with van der Waals surface area (Å²) >= 11 is 6.05. The fourth-order valence-corrected chi connectivity index (χ4v) is 2.25. The third-order valence-corrected chi connectivity index (χ3v) is 2.98. The number of hydrogen-bond acceptors (Lipinski definition) is 3. The number of rotatable bonds is 3. The van der Waals surface area contributed by atoms with Gasteiger partial charge in [0.05, 0.1) is 17.1 Å². The minimum atomic E-state index is 0.118. The van der Waals surface area contributed by atoms with E-state index in [0.717, 1.165) is 30.9 Å². The van der Waals surface area contributed by atoms with Crippen LogP contribution < -0.4 is 5.32 Å². The Balaban J connectivity index is 2.39. The standard InChI is InChI=1S/C13H17ClN2O/c1-8(2)5-9-6-10(12(17)11(14)7-9)13-15-3-4-16-13/h6-8,17H,3-5H2,1-2H3,(H,15,16). The number of phenols is 1. The maximum Gasteiger partial charge on any atom is 0.145 e. The summed E-state index contributed by atoms with van der Waals surface area (Å²) < 4.78 is 0. The second-order valence-electron chi connectivity index (χ2n) is 4.73. The van der Waals surface area contributed by atoms with Crippen LogP contribution in [0.3, 0.4) is 0 Å². The molecule has 3 nitrogen and oxygen atoms in total. The van der Waals surface area contributed by atoms with Gasteiger partial charge in [0, 0.05) is 6.54 Å². The topological polar surface area (TPSA) is 44.6 Å². The van der Waals surface area contributed by atoms with Crippen LogP contribution in [0.1, 0.15) is 25.0 Å². The van der Waals surface area contributed by atoms with Gasteiger partial charge in [0.25, 0.3) is 0 Å². The van der Waals surface area contributed by atoms with Gasteiger partial charge < -0.3 is 10.4 Å². The first-order valence-electron chi connectivity index (χ1n) is 5.88. The van der Waals surface area contributed by atoms with E-state index in [0.29, 0.717) is 16.5 Å². The van der Waals surface area contributed by atoms with Crippen molar-refractivity contribution >= 4 is 17.4 Å². The summed E-state index contributed by atoms with van der Waals surface area (Å²) in [6, 6.07) is 3.80. The molecule has 17 heavy (non-hydrogen) atoms. The number of aliphatic imine (C=N–C) groups is 1. The summed E-state index contributed by atoms with van der Waals surface area (Å²) in [6.07, 6.45) is 0.945. The summed E-state index contributed by atoms with van der Waals surface area (Å²) in [5.41, 5.74) is 1.85. The lowest BCUT2D eigenvalue weighted by molar-refractivity contribution is 0.473. The molecule has 0 amide bonds. The van der Waals surface area contributed by atoms with Crippen molar-refractivity contribution in [1.82, 2.24) is 5.32 Å². The molecule has 0 saturated carbocycles. The van der Waals surface area contributed by atoms with E-state index in [1.54, 1.807) is 0 Å². The Hall–Kier alpha value is -1.22. The maximum atomic E-state index is 9.96. The van der Waals surface area contributed by atoms with E-state index in [4.69, 9.17) is 11.6 Å². The number of nitrogens with zero attached hydrogens (tertiary/aromatic N) is 1. The van der Waals surface area contributed by atoms with Crippen LogP contribution in [-0.2, 0) is 6.42 Å². The lowest BCUT2D eigenvalue weighted by atomic mass is 10.00. The van der Waals surface area contributed by atoms with Gasteiger partial charge in [-0.15, -0.1) is 0 Å². The highest BCUT2D eigenvalue weighted by Gasteiger charge is 2.16. The Bertz CT molecular complexity index is 455. The zero-order valence-electron chi connectivity index (χ0n) is 10.1. The van der Waals surface area contributed by atoms with Crippen LogP contribution in [0, 0.1) is 5.92 Å². The van der Waals surface area contributed by atoms with Gasteiger partial charge >= 0.3 is 0 Å². The summed E-state index contributed by atoms with van der Waals surface area (Å²) in [5.74, 6) is 1.42. The first kappa shape index (κ1) is 12.2. The zero-order valence-corrected chi connectivity index (χ0v) is 10.9. The average Bonchev–Trinajstić information content (AvgIpc) is 2.75. The van der Waals surface area contributed by atoms with Crippen molar-refractivity contribution in [3.8, 4) is 5.75 Å². The molecule has 2 N–H and O–H groups in total. The highest BCUT2D eigenvalue weighted by atomic mass is 35.5. The molecule has 0 saturated heterocycles. The van der Waals surface area contributed by atoms with Gasteiger partial charge in [0.2, 0.25) is 0 Å². The summed E-state index contributed by atoms with van der Waals surface area (Å²) in [4.78, 5) is 4.32. The predicted octanol–water partition coefficient (Wildman–Crippen LogP) is 2.59. The third-order valence-electron chi connectivity index (χ3n) is 2.70. The first-order chi connectivity index (χ1) is 8.08. The molecule has 1 aliphatic heterocycles. The summed E-state index contributed by atoms with van der Waals surface area (Å²) in [6.45, 7) is 5.89. The number of amidine groups is 1.